The number of hydrogen-bond acceptors (Lipinski definition) is 6. The fourth-order valence-electron chi connectivity index (χ4n) is 4.67. The van der Waals surface area contributed by atoms with Gasteiger partial charge < -0.3 is 19.2 Å². The van der Waals surface area contributed by atoms with Crippen molar-refractivity contribution in [2.45, 2.75) is 38.2 Å². The van der Waals surface area contributed by atoms with Crippen LogP contribution < -0.4 is 0 Å². The molecule has 0 saturated heterocycles. The van der Waals surface area contributed by atoms with Crippen molar-refractivity contribution >= 4 is 11.0 Å². The number of aliphatic hydroxyl groups is 1. The predicted molar refractivity (Wildman–Crippen MR) is 123 cm³/mol. The Morgan fingerprint density at radius 1 is 1.15 bits per heavy atom. The lowest BCUT2D eigenvalue weighted by Gasteiger charge is -2.28. The Labute approximate surface area is 190 Å². The summed E-state index contributed by atoms with van der Waals surface area (Å²) in [5, 5.41) is 16.6. The van der Waals surface area contributed by atoms with Gasteiger partial charge in [-0.15, -0.1) is 0 Å². The molecule has 1 aromatic carbocycles. The highest BCUT2D eigenvalue weighted by Gasteiger charge is 2.42. The van der Waals surface area contributed by atoms with E-state index in [4.69, 9.17) is 9.51 Å². The Morgan fingerprint density at radius 2 is 2.00 bits per heavy atom. The zero-order valence-corrected chi connectivity index (χ0v) is 18.7. The average Bonchev–Trinajstić information content (AvgIpc) is 3.29. The van der Waals surface area contributed by atoms with Gasteiger partial charge in [0.2, 0.25) is 0 Å². The number of pyridine rings is 1. The van der Waals surface area contributed by atoms with Crippen molar-refractivity contribution in [3.63, 3.8) is 0 Å². The number of hydrogen-bond donors (Lipinski definition) is 2. The van der Waals surface area contributed by atoms with Gasteiger partial charge in [0.05, 0.1) is 22.4 Å². The topological polar surface area (TPSA) is 106 Å². The molecule has 8 heteroatoms. The normalized spacial score (nSPS) is 15.8. The number of rotatable bonds is 5. The Hall–Kier alpha value is -3.78. The van der Waals surface area contributed by atoms with E-state index in [2.05, 4.69) is 26.2 Å². The van der Waals surface area contributed by atoms with E-state index in [0.29, 0.717) is 28.5 Å². The quantitative estimate of drug-likeness (QED) is 0.426. The van der Waals surface area contributed by atoms with Crippen LogP contribution in [0.4, 0.5) is 0 Å². The molecular formula is C25H24N6O2. The molecule has 1 aliphatic rings. The van der Waals surface area contributed by atoms with Gasteiger partial charge in [0.1, 0.15) is 11.6 Å². The highest BCUT2D eigenvalue weighted by atomic mass is 16.5. The number of nitrogens with zero attached hydrogens (tertiary/aromatic N) is 5. The van der Waals surface area contributed by atoms with Gasteiger partial charge in [-0.3, -0.25) is 4.98 Å². The van der Waals surface area contributed by atoms with Crippen LogP contribution >= 0.6 is 0 Å². The molecule has 33 heavy (non-hydrogen) atoms. The maximum Gasteiger partial charge on any atom is 0.192 e. The molecule has 0 radical (unpaired) electrons. The maximum atomic E-state index is 12.5. The molecular weight excluding hydrogens is 416 g/mol. The second kappa shape index (κ2) is 7.11. The van der Waals surface area contributed by atoms with E-state index in [1.54, 1.807) is 12.4 Å². The van der Waals surface area contributed by atoms with Crippen LogP contribution in [-0.2, 0) is 12.6 Å². The third kappa shape index (κ3) is 3.01. The highest BCUT2D eigenvalue weighted by Crippen LogP contribution is 2.44. The molecule has 0 spiro atoms. The van der Waals surface area contributed by atoms with Crippen LogP contribution in [0.25, 0.3) is 22.2 Å². The average molecular weight is 441 g/mol. The van der Waals surface area contributed by atoms with Crippen molar-refractivity contribution in [1.29, 1.82) is 0 Å². The Bertz CT molecular complexity index is 1460. The van der Waals surface area contributed by atoms with Crippen molar-refractivity contribution in [2.75, 3.05) is 0 Å². The summed E-state index contributed by atoms with van der Waals surface area (Å²) < 4.78 is 7.27. The standard InChI is InChI=1S/C25H24N6O2/c1-14-21(15(2)33-30-14)17-12-18(22-19(13-17)28-23(29-22)16-7-8-16)25(32,20-6-4-5-9-26-20)24-27-10-11-31(24)3/h4-6,9-13,16,32H,7-8H2,1-3H3,(H,28,29). The molecule has 4 heterocycles. The Morgan fingerprint density at radius 3 is 2.64 bits per heavy atom. The zero-order valence-electron chi connectivity index (χ0n) is 18.7. The smallest absolute Gasteiger partial charge is 0.192 e. The minimum Gasteiger partial charge on any atom is -0.372 e. The van der Waals surface area contributed by atoms with Crippen LogP contribution in [0.2, 0.25) is 0 Å². The zero-order chi connectivity index (χ0) is 22.7. The molecule has 4 aromatic heterocycles. The summed E-state index contributed by atoms with van der Waals surface area (Å²) in [5.41, 5.74) is 3.63. The van der Waals surface area contributed by atoms with E-state index >= 15 is 0 Å². The first-order chi connectivity index (χ1) is 16.0. The molecule has 1 fully saturated rings. The first-order valence-corrected chi connectivity index (χ1v) is 11.1. The monoisotopic (exact) mass is 440 g/mol. The van der Waals surface area contributed by atoms with Crippen molar-refractivity contribution < 1.29 is 9.63 Å². The largest absolute Gasteiger partial charge is 0.372 e. The summed E-state index contributed by atoms with van der Waals surface area (Å²) in [5.74, 6) is 2.57. The number of aryl methyl sites for hydroxylation is 3. The van der Waals surface area contributed by atoms with Crippen LogP contribution in [0.3, 0.4) is 0 Å². The number of H-pyrrole nitrogens is 1. The number of imidazole rings is 2. The molecule has 166 valence electrons. The highest BCUT2D eigenvalue weighted by molar-refractivity contribution is 5.88. The van der Waals surface area contributed by atoms with Crippen LogP contribution in [-0.4, -0.2) is 34.8 Å². The minimum atomic E-state index is -1.62. The predicted octanol–water partition coefficient (Wildman–Crippen LogP) is 4.12. The number of aromatic amines is 1. The summed E-state index contributed by atoms with van der Waals surface area (Å²) in [6, 6.07) is 9.54. The number of aromatic nitrogens is 6. The van der Waals surface area contributed by atoms with Crippen LogP contribution in [0.5, 0.6) is 0 Å². The first kappa shape index (κ1) is 19.9. The van der Waals surface area contributed by atoms with E-state index in [0.717, 1.165) is 46.8 Å². The van der Waals surface area contributed by atoms with Crippen LogP contribution in [0.1, 0.15) is 53.1 Å². The molecule has 1 unspecified atom stereocenters. The fraction of sp³-hybridized carbons (Fsp3) is 0.280. The van der Waals surface area contributed by atoms with Crippen molar-refractivity contribution in [1.82, 2.24) is 29.7 Å². The van der Waals surface area contributed by atoms with Gasteiger partial charge in [-0.1, -0.05) is 11.2 Å². The summed E-state index contributed by atoms with van der Waals surface area (Å²) in [4.78, 5) is 17.5. The molecule has 0 aliphatic heterocycles. The lowest BCUT2D eigenvalue weighted by atomic mass is 9.85. The summed E-state index contributed by atoms with van der Waals surface area (Å²) in [6.45, 7) is 3.81. The van der Waals surface area contributed by atoms with E-state index in [-0.39, 0.29) is 0 Å². The lowest BCUT2D eigenvalue weighted by molar-refractivity contribution is 0.109. The van der Waals surface area contributed by atoms with Crippen molar-refractivity contribution in [3.8, 4) is 11.1 Å². The molecule has 8 nitrogen and oxygen atoms in total. The van der Waals surface area contributed by atoms with E-state index in [9.17, 15) is 5.11 Å². The van der Waals surface area contributed by atoms with Crippen molar-refractivity contribution in [2.24, 2.45) is 7.05 Å². The van der Waals surface area contributed by atoms with Gasteiger partial charge in [0, 0.05) is 42.7 Å². The van der Waals surface area contributed by atoms with Gasteiger partial charge in [-0.25, -0.2) is 9.97 Å². The summed E-state index contributed by atoms with van der Waals surface area (Å²) in [7, 11) is 1.87. The van der Waals surface area contributed by atoms with Crippen molar-refractivity contribution in [3.05, 3.63) is 83.3 Å². The third-order valence-electron chi connectivity index (χ3n) is 6.46. The number of nitrogens with one attached hydrogen (secondary N) is 1. The first-order valence-electron chi connectivity index (χ1n) is 11.1. The second-order valence-corrected chi connectivity index (χ2v) is 8.80. The van der Waals surface area contributed by atoms with Crippen LogP contribution in [0, 0.1) is 13.8 Å². The molecule has 2 N–H and O–H groups in total. The third-order valence-corrected chi connectivity index (χ3v) is 6.46. The van der Waals surface area contributed by atoms with Gasteiger partial charge in [-0.05, 0) is 56.5 Å². The maximum absolute atomic E-state index is 12.5. The molecule has 1 atom stereocenters. The van der Waals surface area contributed by atoms with Gasteiger partial charge in [-0.2, -0.15) is 0 Å². The van der Waals surface area contributed by atoms with E-state index < -0.39 is 5.60 Å². The summed E-state index contributed by atoms with van der Waals surface area (Å²) >= 11 is 0. The number of benzene rings is 1. The SMILES string of the molecule is Cc1noc(C)c1-c1cc(C(O)(c2ccccn2)c2nccn2C)c2nc(C3CC3)[nH]c2c1. The number of fused-ring (bicyclic) bond motifs is 1. The van der Waals surface area contributed by atoms with Gasteiger partial charge in [0.25, 0.3) is 0 Å². The van der Waals surface area contributed by atoms with E-state index in [1.807, 2.05) is 55.9 Å². The Balaban J connectivity index is 1.71. The molecule has 0 amide bonds. The Kier molecular flexibility index (Phi) is 4.28. The summed E-state index contributed by atoms with van der Waals surface area (Å²) in [6.07, 6.45) is 7.42. The second-order valence-electron chi connectivity index (χ2n) is 8.80. The lowest BCUT2D eigenvalue weighted by Crippen LogP contribution is -2.33. The molecule has 0 bridgehead atoms. The van der Waals surface area contributed by atoms with Gasteiger partial charge in [0.15, 0.2) is 11.4 Å². The fourth-order valence-corrected chi connectivity index (χ4v) is 4.67. The van der Waals surface area contributed by atoms with E-state index in [1.165, 1.54) is 0 Å². The molecule has 5 aromatic rings. The molecule has 6 rings (SSSR count). The molecule has 1 saturated carbocycles. The van der Waals surface area contributed by atoms with Crippen LogP contribution in [0.15, 0.2) is 53.4 Å². The van der Waals surface area contributed by atoms with Gasteiger partial charge >= 0.3 is 0 Å². The minimum absolute atomic E-state index is 0.434. The molecule has 1 aliphatic carbocycles.